The average molecular weight is 361 g/mol. The van der Waals surface area contributed by atoms with E-state index in [2.05, 4.69) is 10.3 Å². The molecule has 4 nitrogen and oxygen atoms in total. The van der Waals surface area contributed by atoms with Gasteiger partial charge in [0.05, 0.1) is 18.7 Å². The first-order chi connectivity index (χ1) is 10.4. The van der Waals surface area contributed by atoms with Crippen molar-refractivity contribution in [2.75, 3.05) is 12.4 Å². The number of methoxy groups -OCH3 is 1. The maximum absolute atomic E-state index is 13.4. The Labute approximate surface area is 140 Å². The van der Waals surface area contributed by atoms with Crippen LogP contribution < -0.4 is 10.1 Å². The van der Waals surface area contributed by atoms with Crippen molar-refractivity contribution in [1.82, 2.24) is 4.98 Å². The molecule has 1 aliphatic rings. The number of benzene rings is 1. The minimum Gasteiger partial charge on any atom is -0.496 e. The number of hydrogen-bond donors (Lipinski definition) is 1. The third-order valence-electron chi connectivity index (χ3n) is 3.31. The number of nitrogens with one attached hydrogen (secondary N) is 1. The second kappa shape index (κ2) is 5.68. The molecule has 0 bridgehead atoms. The molecule has 1 N–H and O–H groups in total. The van der Waals surface area contributed by atoms with E-state index in [1.807, 2.05) is 0 Å². The normalized spacial score (nSPS) is 18.8. The number of carbonyl (C=O) groups excluding carboxylic acids is 1. The Balaban J connectivity index is 1.79. The molecule has 0 radical (unpaired) electrons. The highest BCUT2D eigenvalue weighted by Crippen LogP contribution is 2.53. The number of alkyl halides is 2. The van der Waals surface area contributed by atoms with Crippen molar-refractivity contribution >= 4 is 45.6 Å². The zero-order valence-electron chi connectivity index (χ0n) is 11.4. The van der Waals surface area contributed by atoms with E-state index in [-0.39, 0.29) is 11.7 Å². The van der Waals surface area contributed by atoms with E-state index in [1.165, 1.54) is 36.6 Å². The third-order valence-corrected chi connectivity index (χ3v) is 4.91. The first kappa shape index (κ1) is 15.5. The summed E-state index contributed by atoms with van der Waals surface area (Å²) in [6, 6.07) is 4.18. The lowest BCUT2D eigenvalue weighted by Crippen LogP contribution is -2.16. The fraction of sp³-hybridized carbons (Fsp3) is 0.286. The van der Waals surface area contributed by atoms with Gasteiger partial charge in [0.15, 0.2) is 5.13 Å². The zero-order chi connectivity index (χ0) is 15.9. The lowest BCUT2D eigenvalue weighted by Gasteiger charge is -2.06. The highest BCUT2D eigenvalue weighted by atomic mass is 35.5. The summed E-state index contributed by atoms with van der Waals surface area (Å²) in [6.07, 6.45) is 0.428. The summed E-state index contributed by atoms with van der Waals surface area (Å²) in [7, 11) is 1.50. The molecule has 1 unspecified atom stereocenters. The first-order valence-corrected chi connectivity index (χ1v) is 8.02. The molecule has 1 aromatic heterocycles. The standard InChI is InChI=1S/C14H11Cl2FN2O2S/c1-21-11-3-2-7(17)4-8(11)10-6-22-13(18-10)19-12(20)9-5-14(9,15)16/h2-4,6,9H,5H2,1H3,(H,18,19,20). The third kappa shape index (κ3) is 3.04. The van der Waals surface area contributed by atoms with Crippen LogP contribution >= 0.6 is 34.5 Å². The van der Waals surface area contributed by atoms with E-state index < -0.39 is 10.3 Å². The van der Waals surface area contributed by atoms with Gasteiger partial charge in [-0.05, 0) is 24.6 Å². The SMILES string of the molecule is COc1ccc(F)cc1-c1csc(NC(=O)C2CC2(Cl)Cl)n1. The Kier molecular flexibility index (Phi) is 4.01. The van der Waals surface area contributed by atoms with Crippen LogP contribution in [0, 0.1) is 11.7 Å². The fourth-order valence-electron chi connectivity index (χ4n) is 2.03. The molecule has 1 saturated carbocycles. The Morgan fingerprint density at radius 3 is 2.91 bits per heavy atom. The Morgan fingerprint density at radius 2 is 2.27 bits per heavy atom. The van der Waals surface area contributed by atoms with Gasteiger partial charge in [0.2, 0.25) is 5.91 Å². The van der Waals surface area contributed by atoms with Gasteiger partial charge in [-0.2, -0.15) is 0 Å². The number of nitrogens with zero attached hydrogens (tertiary/aromatic N) is 1. The molecule has 0 spiro atoms. The number of aromatic nitrogens is 1. The molecule has 22 heavy (non-hydrogen) atoms. The Bertz CT molecular complexity index is 735. The van der Waals surface area contributed by atoms with E-state index in [0.29, 0.717) is 28.6 Å². The largest absolute Gasteiger partial charge is 0.496 e. The molecule has 3 rings (SSSR count). The molecule has 0 aliphatic heterocycles. The molecule has 1 atom stereocenters. The second-order valence-corrected chi connectivity index (χ2v) is 7.29. The first-order valence-electron chi connectivity index (χ1n) is 6.39. The quantitative estimate of drug-likeness (QED) is 0.835. The molecule has 2 aromatic rings. The summed E-state index contributed by atoms with van der Waals surface area (Å²) < 4.78 is 17.6. The van der Waals surface area contributed by atoms with E-state index in [1.54, 1.807) is 5.38 Å². The lowest BCUT2D eigenvalue weighted by molar-refractivity contribution is -0.117. The summed E-state index contributed by atoms with van der Waals surface area (Å²) >= 11 is 12.9. The van der Waals surface area contributed by atoms with Crippen LogP contribution in [0.25, 0.3) is 11.3 Å². The molecule has 1 fully saturated rings. The number of carbonyl (C=O) groups is 1. The van der Waals surface area contributed by atoms with Gasteiger partial charge in [0, 0.05) is 10.9 Å². The molecular weight excluding hydrogens is 350 g/mol. The summed E-state index contributed by atoms with van der Waals surface area (Å²) in [5.74, 6) is -0.572. The van der Waals surface area contributed by atoms with Gasteiger partial charge in [0.25, 0.3) is 0 Å². The molecule has 1 aromatic carbocycles. The monoisotopic (exact) mass is 360 g/mol. The molecule has 116 valence electrons. The maximum Gasteiger partial charge on any atom is 0.232 e. The zero-order valence-corrected chi connectivity index (χ0v) is 13.7. The predicted molar refractivity (Wildman–Crippen MR) is 85.2 cm³/mol. The Hall–Kier alpha value is -1.37. The topological polar surface area (TPSA) is 51.2 Å². The number of amides is 1. The highest BCUT2D eigenvalue weighted by Gasteiger charge is 2.56. The van der Waals surface area contributed by atoms with Crippen molar-refractivity contribution in [3.63, 3.8) is 0 Å². The lowest BCUT2D eigenvalue weighted by atomic mass is 10.1. The van der Waals surface area contributed by atoms with Gasteiger partial charge in [-0.3, -0.25) is 4.79 Å². The molecule has 1 amide bonds. The van der Waals surface area contributed by atoms with Crippen LogP contribution in [0.5, 0.6) is 5.75 Å². The minimum absolute atomic E-state index is 0.267. The van der Waals surface area contributed by atoms with Crippen molar-refractivity contribution in [2.45, 2.75) is 10.8 Å². The summed E-state index contributed by atoms with van der Waals surface area (Å²) in [6.45, 7) is 0. The average Bonchev–Trinajstić information content (AvgIpc) is 2.90. The van der Waals surface area contributed by atoms with Crippen LogP contribution in [0.2, 0.25) is 0 Å². The minimum atomic E-state index is -0.976. The molecular formula is C14H11Cl2FN2O2S. The molecule has 1 heterocycles. The van der Waals surface area contributed by atoms with Crippen molar-refractivity contribution in [3.8, 4) is 17.0 Å². The van der Waals surface area contributed by atoms with Crippen LogP contribution in [-0.4, -0.2) is 22.3 Å². The van der Waals surface area contributed by atoms with Crippen molar-refractivity contribution in [2.24, 2.45) is 5.92 Å². The number of thiazole rings is 1. The van der Waals surface area contributed by atoms with Crippen molar-refractivity contribution in [3.05, 3.63) is 29.4 Å². The molecule has 8 heteroatoms. The van der Waals surface area contributed by atoms with Gasteiger partial charge in [0.1, 0.15) is 15.9 Å². The summed E-state index contributed by atoms with van der Waals surface area (Å²) in [5, 5.41) is 4.79. The number of rotatable bonds is 4. The van der Waals surface area contributed by atoms with Gasteiger partial charge >= 0.3 is 0 Å². The van der Waals surface area contributed by atoms with Crippen molar-refractivity contribution in [1.29, 1.82) is 0 Å². The number of ether oxygens (including phenoxy) is 1. The maximum atomic E-state index is 13.4. The van der Waals surface area contributed by atoms with Crippen LogP contribution in [0.4, 0.5) is 9.52 Å². The summed E-state index contributed by atoms with van der Waals surface area (Å²) in [4.78, 5) is 16.2. The van der Waals surface area contributed by atoms with Crippen LogP contribution in [0.15, 0.2) is 23.6 Å². The van der Waals surface area contributed by atoms with Gasteiger partial charge in [-0.1, -0.05) is 0 Å². The summed E-state index contributed by atoms with van der Waals surface area (Å²) in [5.41, 5.74) is 1.05. The smallest absolute Gasteiger partial charge is 0.232 e. The number of halogens is 3. The van der Waals surface area contributed by atoms with Crippen LogP contribution in [-0.2, 0) is 4.79 Å². The van der Waals surface area contributed by atoms with Crippen LogP contribution in [0.3, 0.4) is 0 Å². The van der Waals surface area contributed by atoms with E-state index >= 15 is 0 Å². The van der Waals surface area contributed by atoms with E-state index in [9.17, 15) is 9.18 Å². The number of hydrogen-bond acceptors (Lipinski definition) is 4. The van der Waals surface area contributed by atoms with Crippen LogP contribution in [0.1, 0.15) is 6.42 Å². The second-order valence-electron chi connectivity index (χ2n) is 4.89. The molecule has 0 saturated heterocycles. The highest BCUT2D eigenvalue weighted by molar-refractivity contribution is 7.14. The van der Waals surface area contributed by atoms with Gasteiger partial charge < -0.3 is 10.1 Å². The van der Waals surface area contributed by atoms with E-state index in [4.69, 9.17) is 27.9 Å². The van der Waals surface area contributed by atoms with Gasteiger partial charge in [-0.15, -0.1) is 34.5 Å². The van der Waals surface area contributed by atoms with Gasteiger partial charge in [-0.25, -0.2) is 9.37 Å². The Morgan fingerprint density at radius 1 is 1.55 bits per heavy atom. The van der Waals surface area contributed by atoms with E-state index in [0.717, 1.165) is 0 Å². The number of anilines is 1. The van der Waals surface area contributed by atoms with Crippen molar-refractivity contribution < 1.29 is 13.9 Å². The fourth-order valence-corrected chi connectivity index (χ4v) is 3.25. The molecule has 1 aliphatic carbocycles. The predicted octanol–water partition coefficient (Wildman–Crippen LogP) is 4.09.